The molecule has 0 aromatic carbocycles. The first-order chi connectivity index (χ1) is 10.2. The number of nitrogens with one attached hydrogen (secondary N) is 1. The van der Waals surface area contributed by atoms with Crippen LogP contribution in [0.2, 0.25) is 0 Å². The summed E-state index contributed by atoms with van der Waals surface area (Å²) in [5, 5.41) is 13.1. The first kappa shape index (κ1) is 17.3. The third kappa shape index (κ3) is 3.32. The van der Waals surface area contributed by atoms with Gasteiger partial charge in [-0.2, -0.15) is 0 Å². The minimum Gasteiger partial charge on any atom is -0.384 e. The second kappa shape index (κ2) is 6.23. The third-order valence-corrected chi connectivity index (χ3v) is 7.39. The smallest absolute Gasteiger partial charge is 0.275 e. The van der Waals surface area contributed by atoms with E-state index in [0.717, 1.165) is 22.7 Å². The Kier molecular flexibility index (Phi) is 4.90. The quantitative estimate of drug-likeness (QED) is 0.825. The molecule has 0 atom stereocenters. The van der Waals surface area contributed by atoms with Gasteiger partial charge >= 0.3 is 0 Å². The molecule has 2 rings (SSSR count). The van der Waals surface area contributed by atoms with Crippen molar-refractivity contribution in [3.63, 3.8) is 0 Å². The zero-order chi connectivity index (χ0) is 16.5. The van der Waals surface area contributed by atoms with Crippen molar-refractivity contribution in [3.8, 4) is 0 Å². The van der Waals surface area contributed by atoms with Crippen LogP contribution in [-0.2, 0) is 15.6 Å². The number of hydrogen-bond acceptors (Lipinski definition) is 7. The maximum Gasteiger partial charge on any atom is 0.275 e. The summed E-state index contributed by atoms with van der Waals surface area (Å²) in [6.07, 6.45) is 1.04. The summed E-state index contributed by atoms with van der Waals surface area (Å²) in [5.41, 5.74) is -0.0419. The highest BCUT2D eigenvalue weighted by molar-refractivity contribution is 7.94. The van der Waals surface area contributed by atoms with E-state index in [1.165, 1.54) is 0 Å². The Balaban J connectivity index is 2.28. The van der Waals surface area contributed by atoms with Crippen LogP contribution in [-0.4, -0.2) is 23.5 Å². The van der Waals surface area contributed by atoms with Gasteiger partial charge in [-0.3, -0.25) is 4.72 Å². The fourth-order valence-corrected chi connectivity index (χ4v) is 5.61. The highest BCUT2D eigenvalue weighted by Crippen LogP contribution is 2.32. The number of thiazole rings is 2. The largest absolute Gasteiger partial charge is 0.384 e. The maximum atomic E-state index is 12.4. The van der Waals surface area contributed by atoms with Crippen molar-refractivity contribution < 1.29 is 13.5 Å². The van der Waals surface area contributed by atoms with Crippen LogP contribution in [0.3, 0.4) is 0 Å². The van der Waals surface area contributed by atoms with E-state index >= 15 is 0 Å². The number of aromatic nitrogens is 2. The van der Waals surface area contributed by atoms with E-state index in [9.17, 15) is 13.5 Å². The summed E-state index contributed by atoms with van der Waals surface area (Å²) >= 11 is 2.29. The highest BCUT2D eigenvalue weighted by Gasteiger charge is 2.29. The molecule has 0 spiro atoms. The van der Waals surface area contributed by atoms with Gasteiger partial charge in [0.1, 0.15) is 5.60 Å². The SMILES string of the molecule is CCC(O)(CC)c1csc(NS(=O)(=O)c2sc(C)nc2C)n1. The maximum absolute atomic E-state index is 12.4. The average molecular weight is 362 g/mol. The van der Waals surface area contributed by atoms with Crippen LogP contribution in [0.1, 0.15) is 43.1 Å². The molecule has 2 aromatic rings. The molecule has 2 aromatic heterocycles. The summed E-state index contributed by atoms with van der Waals surface area (Å²) in [6, 6.07) is 0. The number of anilines is 1. The predicted molar refractivity (Wildman–Crippen MR) is 89.0 cm³/mol. The van der Waals surface area contributed by atoms with Crippen molar-refractivity contribution in [2.45, 2.75) is 50.3 Å². The van der Waals surface area contributed by atoms with Crippen molar-refractivity contribution in [1.82, 2.24) is 9.97 Å². The van der Waals surface area contributed by atoms with Crippen molar-refractivity contribution in [3.05, 3.63) is 21.8 Å². The minimum absolute atomic E-state index is 0.197. The van der Waals surface area contributed by atoms with E-state index in [0.29, 0.717) is 29.2 Å². The van der Waals surface area contributed by atoms with Crippen LogP contribution in [0.4, 0.5) is 5.13 Å². The first-order valence-electron chi connectivity index (χ1n) is 6.87. The molecule has 2 heterocycles. The molecule has 0 radical (unpaired) electrons. The van der Waals surface area contributed by atoms with Gasteiger partial charge in [0.2, 0.25) is 0 Å². The molecule has 2 N–H and O–H groups in total. The van der Waals surface area contributed by atoms with Gasteiger partial charge in [-0.05, 0) is 26.7 Å². The molecular weight excluding hydrogens is 342 g/mol. The third-order valence-electron chi connectivity index (χ3n) is 3.48. The van der Waals surface area contributed by atoms with Crippen LogP contribution in [0.25, 0.3) is 0 Å². The van der Waals surface area contributed by atoms with Crippen molar-refractivity contribution in [2.75, 3.05) is 4.72 Å². The van der Waals surface area contributed by atoms with Gasteiger partial charge in [-0.1, -0.05) is 13.8 Å². The van der Waals surface area contributed by atoms with E-state index in [1.807, 2.05) is 13.8 Å². The monoisotopic (exact) mass is 361 g/mol. The molecule has 0 saturated carbocycles. The van der Waals surface area contributed by atoms with Crippen molar-refractivity contribution in [1.29, 1.82) is 0 Å². The number of nitrogens with zero attached hydrogens (tertiary/aromatic N) is 2. The van der Waals surface area contributed by atoms with Gasteiger partial charge in [0.05, 0.1) is 16.4 Å². The summed E-state index contributed by atoms with van der Waals surface area (Å²) in [4.78, 5) is 8.37. The molecule has 0 unspecified atom stereocenters. The van der Waals surface area contributed by atoms with Crippen molar-refractivity contribution >= 4 is 37.8 Å². The van der Waals surface area contributed by atoms with Gasteiger partial charge in [0.15, 0.2) is 9.34 Å². The van der Waals surface area contributed by atoms with Crippen molar-refractivity contribution in [2.24, 2.45) is 0 Å². The molecule has 0 saturated heterocycles. The van der Waals surface area contributed by atoms with Gasteiger partial charge in [0, 0.05) is 5.38 Å². The lowest BCUT2D eigenvalue weighted by Crippen LogP contribution is -2.24. The number of hydrogen-bond donors (Lipinski definition) is 2. The van der Waals surface area contributed by atoms with E-state index in [-0.39, 0.29) is 9.34 Å². The number of rotatable bonds is 6. The Labute approximate surface area is 138 Å². The van der Waals surface area contributed by atoms with E-state index < -0.39 is 15.6 Å². The van der Waals surface area contributed by atoms with E-state index in [2.05, 4.69) is 14.7 Å². The summed E-state index contributed by atoms with van der Waals surface area (Å²) in [6.45, 7) is 7.17. The molecule has 0 amide bonds. The molecule has 22 heavy (non-hydrogen) atoms. The molecule has 122 valence electrons. The van der Waals surface area contributed by atoms with E-state index in [1.54, 1.807) is 19.2 Å². The normalized spacial score (nSPS) is 12.6. The Hall–Kier alpha value is -1.03. The Morgan fingerprint density at radius 2 is 1.91 bits per heavy atom. The molecule has 0 fully saturated rings. The Bertz CT molecular complexity index is 761. The van der Waals surface area contributed by atoms with Crippen LogP contribution in [0.5, 0.6) is 0 Å². The second-order valence-corrected chi connectivity index (χ2v) is 8.93. The summed E-state index contributed by atoms with van der Waals surface area (Å²) in [7, 11) is -3.70. The van der Waals surface area contributed by atoms with Crippen LogP contribution >= 0.6 is 22.7 Å². The van der Waals surface area contributed by atoms with Crippen LogP contribution in [0, 0.1) is 13.8 Å². The van der Waals surface area contributed by atoms with Gasteiger partial charge in [0.25, 0.3) is 10.0 Å². The fourth-order valence-electron chi connectivity index (χ4n) is 2.07. The lowest BCUT2D eigenvalue weighted by atomic mass is 9.94. The highest BCUT2D eigenvalue weighted by atomic mass is 32.2. The van der Waals surface area contributed by atoms with Gasteiger partial charge in [-0.15, -0.1) is 22.7 Å². The zero-order valence-electron chi connectivity index (χ0n) is 12.9. The fraction of sp³-hybridized carbons (Fsp3) is 0.538. The standard InChI is InChI=1S/C13H19N3O3S3/c1-5-13(17,6-2)10-7-20-12(15-10)16-22(18,19)11-8(3)14-9(4)21-11/h7,17H,5-6H2,1-4H3,(H,15,16). The molecular formula is C13H19N3O3S3. The molecule has 0 aliphatic heterocycles. The lowest BCUT2D eigenvalue weighted by molar-refractivity contribution is 0.0247. The first-order valence-corrected chi connectivity index (χ1v) is 10.0. The number of aliphatic hydroxyl groups is 1. The molecule has 9 heteroatoms. The average Bonchev–Trinajstić information content (AvgIpc) is 3.04. The molecule has 6 nitrogen and oxygen atoms in total. The Morgan fingerprint density at radius 1 is 1.27 bits per heavy atom. The predicted octanol–water partition coefficient (Wildman–Crippen LogP) is 3.02. The van der Waals surface area contributed by atoms with Crippen LogP contribution in [0.15, 0.2) is 9.59 Å². The number of sulfonamides is 1. The Morgan fingerprint density at radius 3 is 2.41 bits per heavy atom. The zero-order valence-corrected chi connectivity index (χ0v) is 15.3. The van der Waals surface area contributed by atoms with E-state index in [4.69, 9.17) is 0 Å². The topological polar surface area (TPSA) is 92.2 Å². The lowest BCUT2D eigenvalue weighted by Gasteiger charge is -2.22. The molecule has 0 aliphatic carbocycles. The van der Waals surface area contributed by atoms with Gasteiger partial charge < -0.3 is 5.11 Å². The summed E-state index contributed by atoms with van der Waals surface area (Å²) < 4.78 is 27.5. The molecule has 0 aliphatic rings. The second-order valence-electron chi connectivity index (χ2n) is 4.99. The minimum atomic E-state index is -3.70. The number of aryl methyl sites for hydroxylation is 2. The summed E-state index contributed by atoms with van der Waals surface area (Å²) in [5.74, 6) is 0. The van der Waals surface area contributed by atoms with Gasteiger partial charge in [-0.25, -0.2) is 18.4 Å². The van der Waals surface area contributed by atoms with Crippen LogP contribution < -0.4 is 4.72 Å². The molecule has 0 bridgehead atoms.